The predicted molar refractivity (Wildman–Crippen MR) is 96.1 cm³/mol. The van der Waals surface area contributed by atoms with Gasteiger partial charge in [-0.25, -0.2) is 9.78 Å². The fourth-order valence-electron chi connectivity index (χ4n) is 2.94. The lowest BCUT2D eigenvalue weighted by Gasteiger charge is -2.34. The summed E-state index contributed by atoms with van der Waals surface area (Å²) in [6.45, 7) is 9.13. The van der Waals surface area contributed by atoms with Gasteiger partial charge in [0, 0.05) is 32.4 Å². The second kappa shape index (κ2) is 8.17. The van der Waals surface area contributed by atoms with Gasteiger partial charge in [-0.15, -0.1) is 0 Å². The monoisotopic (exact) mass is 353 g/mol. The normalized spacial score (nSPS) is 16.5. The molecule has 2 rings (SSSR count). The molecule has 0 spiro atoms. The highest BCUT2D eigenvalue weighted by molar-refractivity contribution is 6.29. The molecule has 1 saturated heterocycles. The molecule has 1 aliphatic heterocycles. The SMILES string of the molecule is CN(Cc1ccc(Cl)nc1)CC1CCN(C(=O)OC(C)(C)C)CC1. The van der Waals surface area contributed by atoms with E-state index in [2.05, 4.69) is 16.9 Å². The van der Waals surface area contributed by atoms with E-state index in [4.69, 9.17) is 16.3 Å². The number of piperidine rings is 1. The van der Waals surface area contributed by atoms with E-state index in [0.717, 1.165) is 44.6 Å². The van der Waals surface area contributed by atoms with Gasteiger partial charge >= 0.3 is 6.09 Å². The van der Waals surface area contributed by atoms with Gasteiger partial charge in [0.1, 0.15) is 10.8 Å². The van der Waals surface area contributed by atoms with E-state index in [0.29, 0.717) is 11.1 Å². The third-order valence-electron chi connectivity index (χ3n) is 4.08. The summed E-state index contributed by atoms with van der Waals surface area (Å²) in [6, 6.07) is 3.83. The van der Waals surface area contributed by atoms with E-state index >= 15 is 0 Å². The zero-order chi connectivity index (χ0) is 17.7. The molecule has 0 saturated carbocycles. The molecule has 134 valence electrons. The Morgan fingerprint density at radius 3 is 2.58 bits per heavy atom. The number of carbonyl (C=O) groups is 1. The topological polar surface area (TPSA) is 45.7 Å². The Labute approximate surface area is 149 Å². The molecule has 24 heavy (non-hydrogen) atoms. The highest BCUT2D eigenvalue weighted by Gasteiger charge is 2.27. The van der Waals surface area contributed by atoms with Crippen molar-refractivity contribution in [3.05, 3.63) is 29.0 Å². The molecule has 1 aliphatic rings. The number of carbonyl (C=O) groups excluding carboxylic acids is 1. The fourth-order valence-corrected chi connectivity index (χ4v) is 3.05. The Bertz CT molecular complexity index is 534. The molecule has 6 heteroatoms. The Morgan fingerprint density at radius 2 is 2.04 bits per heavy atom. The molecular formula is C18H28ClN3O2. The smallest absolute Gasteiger partial charge is 0.410 e. The van der Waals surface area contributed by atoms with Crippen molar-refractivity contribution in [3.8, 4) is 0 Å². The summed E-state index contributed by atoms with van der Waals surface area (Å²) in [4.78, 5) is 20.3. The van der Waals surface area contributed by atoms with Gasteiger partial charge < -0.3 is 14.5 Å². The van der Waals surface area contributed by atoms with Crippen LogP contribution in [-0.4, -0.2) is 53.2 Å². The van der Waals surface area contributed by atoms with Gasteiger partial charge in [-0.05, 0) is 58.2 Å². The number of aromatic nitrogens is 1. The molecule has 0 aromatic carbocycles. The Morgan fingerprint density at radius 1 is 1.38 bits per heavy atom. The second-order valence-corrected chi connectivity index (χ2v) is 7.98. The number of likely N-dealkylation sites (tertiary alicyclic amines) is 1. The van der Waals surface area contributed by atoms with Crippen LogP contribution in [0.25, 0.3) is 0 Å². The summed E-state index contributed by atoms with van der Waals surface area (Å²) in [5, 5.41) is 0.524. The van der Waals surface area contributed by atoms with Crippen molar-refractivity contribution in [2.24, 2.45) is 5.92 Å². The number of pyridine rings is 1. The summed E-state index contributed by atoms with van der Waals surface area (Å²) in [5.41, 5.74) is 0.730. The quantitative estimate of drug-likeness (QED) is 0.772. The molecule has 1 amide bonds. The van der Waals surface area contributed by atoms with Crippen LogP contribution in [0.5, 0.6) is 0 Å². The third-order valence-corrected chi connectivity index (χ3v) is 4.30. The first-order valence-corrected chi connectivity index (χ1v) is 8.87. The number of amides is 1. The molecule has 1 fully saturated rings. The van der Waals surface area contributed by atoms with Gasteiger partial charge in [0.25, 0.3) is 0 Å². The molecular weight excluding hydrogens is 326 g/mol. The maximum absolute atomic E-state index is 12.1. The fraction of sp³-hybridized carbons (Fsp3) is 0.667. The van der Waals surface area contributed by atoms with E-state index in [1.165, 1.54) is 0 Å². The van der Waals surface area contributed by atoms with Gasteiger partial charge in [0.05, 0.1) is 0 Å². The Kier molecular flexibility index (Phi) is 6.47. The number of hydrogen-bond acceptors (Lipinski definition) is 4. The number of ether oxygens (including phenoxy) is 1. The first-order valence-electron chi connectivity index (χ1n) is 8.50. The summed E-state index contributed by atoms with van der Waals surface area (Å²) >= 11 is 5.82. The van der Waals surface area contributed by atoms with E-state index in [1.54, 1.807) is 0 Å². The molecule has 0 N–H and O–H groups in total. The first kappa shape index (κ1) is 19.0. The summed E-state index contributed by atoms with van der Waals surface area (Å²) in [6.07, 6.45) is 3.66. The molecule has 0 unspecified atom stereocenters. The molecule has 0 aliphatic carbocycles. The van der Waals surface area contributed by atoms with Gasteiger partial charge in [-0.2, -0.15) is 0 Å². The van der Waals surface area contributed by atoms with Gasteiger partial charge in [-0.3, -0.25) is 0 Å². The van der Waals surface area contributed by atoms with E-state index in [9.17, 15) is 4.79 Å². The van der Waals surface area contributed by atoms with E-state index in [1.807, 2.05) is 44.0 Å². The molecule has 5 nitrogen and oxygen atoms in total. The first-order chi connectivity index (χ1) is 11.2. The van der Waals surface area contributed by atoms with Gasteiger partial charge in [0.2, 0.25) is 0 Å². The second-order valence-electron chi connectivity index (χ2n) is 7.60. The minimum Gasteiger partial charge on any atom is -0.444 e. The van der Waals surface area contributed by atoms with Crippen molar-refractivity contribution in [1.29, 1.82) is 0 Å². The number of halogens is 1. The van der Waals surface area contributed by atoms with Gasteiger partial charge in [0.15, 0.2) is 0 Å². The minimum absolute atomic E-state index is 0.193. The van der Waals surface area contributed by atoms with E-state index in [-0.39, 0.29) is 6.09 Å². The van der Waals surface area contributed by atoms with E-state index < -0.39 is 5.60 Å². The maximum atomic E-state index is 12.1. The number of hydrogen-bond donors (Lipinski definition) is 0. The largest absolute Gasteiger partial charge is 0.444 e. The summed E-state index contributed by atoms with van der Waals surface area (Å²) in [5.74, 6) is 0.606. The van der Waals surface area contributed by atoms with Crippen molar-refractivity contribution in [2.75, 3.05) is 26.7 Å². The van der Waals surface area contributed by atoms with Crippen molar-refractivity contribution in [3.63, 3.8) is 0 Å². The van der Waals surface area contributed by atoms with Crippen LogP contribution in [0.4, 0.5) is 4.79 Å². The zero-order valence-corrected chi connectivity index (χ0v) is 15.8. The molecule has 1 aromatic heterocycles. The molecule has 1 aromatic rings. The number of rotatable bonds is 4. The molecule has 0 bridgehead atoms. The molecule has 2 heterocycles. The molecule has 0 radical (unpaired) electrons. The van der Waals surface area contributed by atoms with Gasteiger partial charge in [-0.1, -0.05) is 17.7 Å². The highest BCUT2D eigenvalue weighted by Crippen LogP contribution is 2.21. The maximum Gasteiger partial charge on any atom is 0.410 e. The predicted octanol–water partition coefficient (Wildman–Crippen LogP) is 3.81. The highest BCUT2D eigenvalue weighted by atomic mass is 35.5. The zero-order valence-electron chi connectivity index (χ0n) is 15.1. The standard InChI is InChI=1S/C18H28ClN3O2/c1-18(2,3)24-17(23)22-9-7-14(8-10-22)12-21(4)13-15-5-6-16(19)20-11-15/h5-6,11,14H,7-10,12-13H2,1-4H3. The minimum atomic E-state index is -0.430. The van der Waals surface area contributed by atoms with Crippen LogP contribution in [0, 0.1) is 5.92 Å². The van der Waals surface area contributed by atoms with Crippen molar-refractivity contribution in [1.82, 2.24) is 14.8 Å². The van der Waals surface area contributed by atoms with Crippen LogP contribution in [0.15, 0.2) is 18.3 Å². The van der Waals surface area contributed by atoms with Crippen LogP contribution in [-0.2, 0) is 11.3 Å². The van der Waals surface area contributed by atoms with Crippen molar-refractivity contribution in [2.45, 2.75) is 45.8 Å². The van der Waals surface area contributed by atoms with Crippen molar-refractivity contribution < 1.29 is 9.53 Å². The number of nitrogens with zero attached hydrogens (tertiary/aromatic N) is 3. The van der Waals surface area contributed by atoms with Crippen LogP contribution in [0.2, 0.25) is 5.15 Å². The summed E-state index contributed by atoms with van der Waals surface area (Å²) in [7, 11) is 2.12. The van der Waals surface area contributed by atoms with Crippen LogP contribution < -0.4 is 0 Å². The van der Waals surface area contributed by atoms with Crippen LogP contribution >= 0.6 is 11.6 Å². The molecule has 0 atom stereocenters. The Balaban J connectivity index is 1.74. The van der Waals surface area contributed by atoms with Crippen LogP contribution in [0.1, 0.15) is 39.2 Å². The van der Waals surface area contributed by atoms with Crippen LogP contribution in [0.3, 0.4) is 0 Å². The average molecular weight is 354 g/mol. The Hall–Kier alpha value is -1.33. The van der Waals surface area contributed by atoms with Crippen molar-refractivity contribution >= 4 is 17.7 Å². The lowest BCUT2D eigenvalue weighted by Crippen LogP contribution is -2.43. The lowest BCUT2D eigenvalue weighted by molar-refractivity contribution is 0.0172. The third kappa shape index (κ3) is 6.29. The average Bonchev–Trinajstić information content (AvgIpc) is 2.48. The summed E-state index contributed by atoms with van der Waals surface area (Å²) < 4.78 is 5.44. The lowest BCUT2D eigenvalue weighted by atomic mass is 9.96.